The Labute approximate surface area is 202 Å². The number of fused-ring (bicyclic) bond motifs is 1. The maximum absolute atomic E-state index is 12.6. The number of imide groups is 1. The van der Waals surface area contributed by atoms with Crippen LogP contribution in [0.4, 0.5) is 5.69 Å². The topological polar surface area (TPSA) is 112 Å². The van der Waals surface area contributed by atoms with E-state index in [1.807, 2.05) is 31.2 Å². The van der Waals surface area contributed by atoms with Crippen molar-refractivity contribution in [3.63, 3.8) is 0 Å². The highest BCUT2D eigenvalue weighted by molar-refractivity contribution is 6.21. The number of carbonyl (C=O) groups excluding carboxylic acids is 3. The van der Waals surface area contributed by atoms with Crippen LogP contribution in [0.5, 0.6) is 0 Å². The molecule has 0 unspecified atom stereocenters. The number of anilines is 1. The zero-order valence-corrected chi connectivity index (χ0v) is 19.7. The van der Waals surface area contributed by atoms with Crippen LogP contribution in [0.15, 0.2) is 47.0 Å². The van der Waals surface area contributed by atoms with Crippen LogP contribution >= 0.6 is 0 Å². The lowest BCUT2D eigenvalue weighted by Crippen LogP contribution is -2.48. The number of aryl methyl sites for hydroxylation is 1. The van der Waals surface area contributed by atoms with Crippen molar-refractivity contribution in [2.24, 2.45) is 0 Å². The predicted octanol–water partition coefficient (Wildman–Crippen LogP) is 2.03. The van der Waals surface area contributed by atoms with E-state index in [1.165, 1.54) is 12.6 Å². The Bertz CT molecular complexity index is 1280. The van der Waals surface area contributed by atoms with E-state index in [0.717, 1.165) is 36.6 Å². The Balaban J connectivity index is 1.10. The average Bonchev–Trinajstić information content (AvgIpc) is 3.40. The standard InChI is InChI=1S/C25H26N6O4/c1-16-3-5-17(6-4-16)23-27-22(35-28-23)15-31-11-9-30(10-12-31)14-21(32)26-18-7-8-19-20(13-18)25(34)29(2)24(19)33/h3-8,13H,9-12,14-15H2,1-2H3,(H,26,32). The molecule has 0 radical (unpaired) electrons. The molecule has 1 N–H and O–H groups in total. The highest BCUT2D eigenvalue weighted by Crippen LogP contribution is 2.25. The van der Waals surface area contributed by atoms with Gasteiger partial charge in [-0.2, -0.15) is 4.98 Å². The number of aromatic nitrogens is 2. The van der Waals surface area contributed by atoms with Gasteiger partial charge >= 0.3 is 0 Å². The normalized spacial score (nSPS) is 16.6. The third-order valence-corrected chi connectivity index (χ3v) is 6.34. The van der Waals surface area contributed by atoms with E-state index < -0.39 is 0 Å². The van der Waals surface area contributed by atoms with Gasteiger partial charge in [0.15, 0.2) is 0 Å². The van der Waals surface area contributed by atoms with Crippen molar-refractivity contribution in [2.45, 2.75) is 13.5 Å². The second kappa shape index (κ2) is 9.40. The van der Waals surface area contributed by atoms with Crippen molar-refractivity contribution in [3.8, 4) is 11.4 Å². The second-order valence-electron chi connectivity index (χ2n) is 8.91. The van der Waals surface area contributed by atoms with Crippen LogP contribution in [0.25, 0.3) is 11.4 Å². The van der Waals surface area contributed by atoms with Crippen LogP contribution in [-0.2, 0) is 11.3 Å². The molecule has 2 aliphatic heterocycles. The predicted molar refractivity (Wildman–Crippen MR) is 128 cm³/mol. The molecule has 180 valence electrons. The largest absolute Gasteiger partial charge is 0.338 e. The summed E-state index contributed by atoms with van der Waals surface area (Å²) in [6.45, 7) is 5.86. The van der Waals surface area contributed by atoms with Gasteiger partial charge in [0.05, 0.1) is 24.2 Å². The zero-order valence-electron chi connectivity index (χ0n) is 19.7. The van der Waals surface area contributed by atoms with Gasteiger partial charge in [-0.15, -0.1) is 0 Å². The maximum atomic E-state index is 12.6. The molecule has 0 saturated carbocycles. The van der Waals surface area contributed by atoms with E-state index in [0.29, 0.717) is 35.1 Å². The number of hydrogen-bond acceptors (Lipinski definition) is 8. The van der Waals surface area contributed by atoms with Crippen LogP contribution in [0.1, 0.15) is 32.2 Å². The summed E-state index contributed by atoms with van der Waals surface area (Å²) in [4.78, 5) is 46.6. The van der Waals surface area contributed by atoms with Gasteiger partial charge in [-0.25, -0.2) is 0 Å². The van der Waals surface area contributed by atoms with Crippen LogP contribution in [0.2, 0.25) is 0 Å². The molecule has 5 rings (SSSR count). The lowest BCUT2D eigenvalue weighted by Gasteiger charge is -2.33. The molecule has 1 aromatic heterocycles. The van der Waals surface area contributed by atoms with Crippen LogP contribution in [0.3, 0.4) is 0 Å². The minimum Gasteiger partial charge on any atom is -0.338 e. The molecule has 1 saturated heterocycles. The summed E-state index contributed by atoms with van der Waals surface area (Å²) in [5.41, 5.74) is 3.28. The number of amides is 3. The quantitative estimate of drug-likeness (QED) is 0.540. The molecule has 0 spiro atoms. The third-order valence-electron chi connectivity index (χ3n) is 6.34. The molecule has 3 amide bonds. The first-order valence-electron chi connectivity index (χ1n) is 11.5. The highest BCUT2D eigenvalue weighted by atomic mass is 16.5. The number of nitrogens with zero attached hydrogens (tertiary/aromatic N) is 5. The number of hydrogen-bond donors (Lipinski definition) is 1. The second-order valence-corrected chi connectivity index (χ2v) is 8.91. The average molecular weight is 475 g/mol. The highest BCUT2D eigenvalue weighted by Gasteiger charge is 2.32. The first-order chi connectivity index (χ1) is 16.9. The van der Waals surface area contributed by atoms with Crippen LogP contribution < -0.4 is 5.32 Å². The smallest absolute Gasteiger partial charge is 0.261 e. The molecule has 1 fully saturated rings. The first kappa shape index (κ1) is 22.9. The van der Waals surface area contributed by atoms with Gasteiger partial charge in [-0.3, -0.25) is 29.1 Å². The molecule has 0 bridgehead atoms. The van der Waals surface area contributed by atoms with Gasteiger partial charge in [-0.05, 0) is 25.1 Å². The fourth-order valence-corrected chi connectivity index (χ4v) is 4.28. The molecule has 35 heavy (non-hydrogen) atoms. The van der Waals surface area contributed by atoms with Crippen molar-refractivity contribution in [2.75, 3.05) is 45.1 Å². The molecule has 3 heterocycles. The van der Waals surface area contributed by atoms with Crippen molar-refractivity contribution < 1.29 is 18.9 Å². The molecule has 2 aliphatic rings. The number of nitrogens with one attached hydrogen (secondary N) is 1. The van der Waals surface area contributed by atoms with Gasteiger partial charge < -0.3 is 9.84 Å². The van der Waals surface area contributed by atoms with E-state index in [2.05, 4.69) is 25.3 Å². The Morgan fingerprint density at radius 1 is 0.971 bits per heavy atom. The molecule has 10 heteroatoms. The van der Waals surface area contributed by atoms with Gasteiger partial charge in [-0.1, -0.05) is 35.0 Å². The molecule has 3 aromatic rings. The van der Waals surface area contributed by atoms with Crippen molar-refractivity contribution in [1.82, 2.24) is 24.8 Å². The van der Waals surface area contributed by atoms with E-state index in [9.17, 15) is 14.4 Å². The summed E-state index contributed by atoms with van der Waals surface area (Å²) in [6, 6.07) is 12.8. The van der Waals surface area contributed by atoms with Gasteiger partial charge in [0, 0.05) is 44.5 Å². The lowest BCUT2D eigenvalue weighted by molar-refractivity contribution is -0.117. The number of benzene rings is 2. The fraction of sp³-hybridized carbons (Fsp3) is 0.320. The van der Waals surface area contributed by atoms with E-state index in [1.54, 1.807) is 18.2 Å². The van der Waals surface area contributed by atoms with Crippen molar-refractivity contribution >= 4 is 23.4 Å². The maximum Gasteiger partial charge on any atom is 0.261 e. The first-order valence-corrected chi connectivity index (χ1v) is 11.5. The molecule has 2 aromatic carbocycles. The molecule has 0 aliphatic carbocycles. The number of piperazine rings is 1. The van der Waals surface area contributed by atoms with E-state index in [4.69, 9.17) is 4.52 Å². The van der Waals surface area contributed by atoms with E-state index >= 15 is 0 Å². The zero-order chi connectivity index (χ0) is 24.5. The van der Waals surface area contributed by atoms with Crippen molar-refractivity contribution in [1.29, 1.82) is 0 Å². The lowest BCUT2D eigenvalue weighted by atomic mass is 10.1. The number of rotatable bonds is 6. The Morgan fingerprint density at radius 2 is 1.66 bits per heavy atom. The SMILES string of the molecule is Cc1ccc(-c2noc(CN3CCN(CC(=O)Nc4ccc5c(c4)C(=O)N(C)C5=O)CC3)n2)cc1. The molecular formula is C25H26N6O4. The van der Waals surface area contributed by atoms with Crippen LogP contribution in [-0.4, -0.2) is 82.3 Å². The molecule has 10 nitrogen and oxygen atoms in total. The number of carbonyl (C=O) groups is 3. The minimum atomic E-state index is -0.357. The van der Waals surface area contributed by atoms with Gasteiger partial charge in [0.25, 0.3) is 11.8 Å². The Hall–Kier alpha value is -3.89. The fourth-order valence-electron chi connectivity index (χ4n) is 4.28. The monoisotopic (exact) mass is 474 g/mol. The summed E-state index contributed by atoms with van der Waals surface area (Å²) in [5.74, 6) is 0.307. The summed E-state index contributed by atoms with van der Waals surface area (Å²) >= 11 is 0. The van der Waals surface area contributed by atoms with Crippen LogP contribution in [0, 0.1) is 6.92 Å². The summed E-state index contributed by atoms with van der Waals surface area (Å²) < 4.78 is 5.43. The molecular weight excluding hydrogens is 448 g/mol. The van der Waals surface area contributed by atoms with Gasteiger partial charge in [0.1, 0.15) is 0 Å². The summed E-state index contributed by atoms with van der Waals surface area (Å²) in [5, 5.41) is 6.92. The summed E-state index contributed by atoms with van der Waals surface area (Å²) in [7, 11) is 1.45. The van der Waals surface area contributed by atoms with Crippen molar-refractivity contribution in [3.05, 3.63) is 65.0 Å². The minimum absolute atomic E-state index is 0.164. The van der Waals surface area contributed by atoms with E-state index in [-0.39, 0.29) is 24.3 Å². The molecule has 0 atom stereocenters. The Morgan fingerprint density at radius 3 is 2.40 bits per heavy atom. The third kappa shape index (κ3) is 4.84. The summed E-state index contributed by atoms with van der Waals surface area (Å²) in [6.07, 6.45) is 0. The van der Waals surface area contributed by atoms with Gasteiger partial charge in [0.2, 0.25) is 17.6 Å². The Kier molecular flexibility index (Phi) is 6.14.